The van der Waals surface area contributed by atoms with Crippen LogP contribution in [0.25, 0.3) is 0 Å². The molecule has 0 aromatic carbocycles. The van der Waals surface area contributed by atoms with Crippen molar-refractivity contribution in [1.82, 2.24) is 15.3 Å². The van der Waals surface area contributed by atoms with Gasteiger partial charge in [0.1, 0.15) is 6.33 Å². The van der Waals surface area contributed by atoms with Gasteiger partial charge in [0.25, 0.3) is 5.91 Å². The molecule has 0 spiro atoms. The smallest absolute Gasteiger partial charge is 0.254 e. The number of nitrogens with one attached hydrogen (secondary N) is 1. The summed E-state index contributed by atoms with van der Waals surface area (Å²) in [5.74, 6) is -0.0486. The van der Waals surface area contributed by atoms with Crippen LogP contribution in [0.4, 0.5) is 0 Å². The lowest BCUT2D eigenvalue weighted by Gasteiger charge is -2.15. The van der Waals surface area contributed by atoms with Gasteiger partial charge in [-0.2, -0.15) is 0 Å². The second-order valence-electron chi connectivity index (χ2n) is 4.29. The van der Waals surface area contributed by atoms with Gasteiger partial charge in [0, 0.05) is 18.4 Å². The number of amides is 1. The number of hydrogen-bond acceptors (Lipinski definition) is 3. The molecule has 1 aliphatic carbocycles. The molecule has 16 heavy (non-hydrogen) atoms. The summed E-state index contributed by atoms with van der Waals surface area (Å²) < 4.78 is 0. The minimum Gasteiger partial charge on any atom is -0.349 e. The normalized spacial score (nSPS) is 17.8. The van der Waals surface area contributed by atoms with Crippen LogP contribution in [0.15, 0.2) is 18.7 Å². The van der Waals surface area contributed by atoms with Crippen molar-refractivity contribution >= 4 is 5.91 Å². The standard InChI is InChI=1S/C12H17N3O/c16-12(10-7-13-9-14-8-10)15-11-5-3-1-2-4-6-11/h7-9,11H,1-6H2,(H,15,16). The number of carbonyl (C=O) groups is 1. The van der Waals surface area contributed by atoms with Gasteiger partial charge < -0.3 is 5.32 Å². The van der Waals surface area contributed by atoms with Crippen LogP contribution in [0.1, 0.15) is 48.9 Å². The first-order chi connectivity index (χ1) is 7.86. The maximum Gasteiger partial charge on any atom is 0.254 e. The molecule has 1 N–H and O–H groups in total. The number of aromatic nitrogens is 2. The Bertz CT molecular complexity index is 331. The zero-order valence-electron chi connectivity index (χ0n) is 9.35. The van der Waals surface area contributed by atoms with Crippen molar-refractivity contribution in [1.29, 1.82) is 0 Å². The summed E-state index contributed by atoms with van der Waals surface area (Å²) in [4.78, 5) is 19.5. The molecule has 1 aromatic rings. The van der Waals surface area contributed by atoms with E-state index in [-0.39, 0.29) is 5.91 Å². The first-order valence-corrected chi connectivity index (χ1v) is 5.92. The number of nitrogens with zero attached hydrogens (tertiary/aromatic N) is 2. The first-order valence-electron chi connectivity index (χ1n) is 5.92. The second kappa shape index (κ2) is 5.58. The van der Waals surface area contributed by atoms with Crippen molar-refractivity contribution in [2.75, 3.05) is 0 Å². The van der Waals surface area contributed by atoms with Crippen LogP contribution >= 0.6 is 0 Å². The van der Waals surface area contributed by atoms with E-state index in [1.807, 2.05) is 0 Å². The summed E-state index contributed by atoms with van der Waals surface area (Å²) in [6.45, 7) is 0. The predicted octanol–water partition coefficient (Wildman–Crippen LogP) is 1.93. The Hall–Kier alpha value is -1.45. The van der Waals surface area contributed by atoms with Gasteiger partial charge in [-0.15, -0.1) is 0 Å². The van der Waals surface area contributed by atoms with E-state index in [9.17, 15) is 4.79 Å². The van der Waals surface area contributed by atoms with Crippen molar-refractivity contribution in [3.63, 3.8) is 0 Å². The van der Waals surface area contributed by atoms with Crippen molar-refractivity contribution in [3.8, 4) is 0 Å². The Labute approximate surface area is 95.5 Å². The summed E-state index contributed by atoms with van der Waals surface area (Å²) in [5, 5.41) is 3.06. The van der Waals surface area contributed by atoms with Gasteiger partial charge in [-0.25, -0.2) is 9.97 Å². The number of carbonyl (C=O) groups excluding carboxylic acids is 1. The van der Waals surface area contributed by atoms with Crippen LogP contribution in [0, 0.1) is 0 Å². The largest absolute Gasteiger partial charge is 0.349 e. The van der Waals surface area contributed by atoms with Gasteiger partial charge in [0.15, 0.2) is 0 Å². The van der Waals surface area contributed by atoms with Crippen molar-refractivity contribution in [2.45, 2.75) is 44.6 Å². The molecule has 2 rings (SSSR count). The van der Waals surface area contributed by atoms with E-state index in [2.05, 4.69) is 15.3 Å². The average Bonchev–Trinajstić information content (AvgIpc) is 2.59. The van der Waals surface area contributed by atoms with Gasteiger partial charge in [-0.05, 0) is 12.8 Å². The number of hydrogen-bond donors (Lipinski definition) is 1. The van der Waals surface area contributed by atoms with Crippen LogP contribution in [-0.4, -0.2) is 21.9 Å². The van der Waals surface area contributed by atoms with E-state index < -0.39 is 0 Å². The lowest BCUT2D eigenvalue weighted by atomic mass is 10.1. The number of rotatable bonds is 2. The zero-order chi connectivity index (χ0) is 11.2. The molecule has 1 fully saturated rings. The fraction of sp³-hybridized carbons (Fsp3) is 0.583. The van der Waals surface area contributed by atoms with E-state index in [4.69, 9.17) is 0 Å². The maximum absolute atomic E-state index is 11.8. The molecule has 0 atom stereocenters. The molecular formula is C12H17N3O. The maximum atomic E-state index is 11.8. The molecule has 0 unspecified atom stereocenters. The highest BCUT2D eigenvalue weighted by molar-refractivity contribution is 5.93. The van der Waals surface area contributed by atoms with E-state index in [1.165, 1.54) is 32.0 Å². The fourth-order valence-electron chi connectivity index (χ4n) is 2.11. The molecule has 4 nitrogen and oxygen atoms in total. The molecule has 0 radical (unpaired) electrons. The molecular weight excluding hydrogens is 202 g/mol. The highest BCUT2D eigenvalue weighted by Gasteiger charge is 2.15. The van der Waals surface area contributed by atoms with Gasteiger partial charge >= 0.3 is 0 Å². The third-order valence-corrected chi connectivity index (χ3v) is 3.01. The van der Waals surface area contributed by atoms with Gasteiger partial charge in [0.2, 0.25) is 0 Å². The SMILES string of the molecule is O=C(NC1CCCCCC1)c1cncnc1. The lowest BCUT2D eigenvalue weighted by molar-refractivity contribution is 0.0932. The minimum absolute atomic E-state index is 0.0486. The average molecular weight is 219 g/mol. The Morgan fingerprint density at radius 2 is 1.75 bits per heavy atom. The van der Waals surface area contributed by atoms with Crippen molar-refractivity contribution < 1.29 is 4.79 Å². The summed E-state index contributed by atoms with van der Waals surface area (Å²) in [6.07, 6.45) is 11.8. The molecule has 1 aliphatic rings. The molecule has 0 bridgehead atoms. The Balaban J connectivity index is 1.91. The predicted molar refractivity (Wildman–Crippen MR) is 61.0 cm³/mol. The van der Waals surface area contributed by atoms with Gasteiger partial charge in [0.05, 0.1) is 5.56 Å². The Morgan fingerprint density at radius 3 is 2.38 bits per heavy atom. The lowest BCUT2D eigenvalue weighted by Crippen LogP contribution is -2.34. The van der Waals surface area contributed by atoms with Gasteiger partial charge in [-0.1, -0.05) is 25.7 Å². The first kappa shape index (κ1) is 11.0. The molecule has 1 saturated carbocycles. The third kappa shape index (κ3) is 3.02. The van der Waals surface area contributed by atoms with Gasteiger partial charge in [-0.3, -0.25) is 4.79 Å². The zero-order valence-corrected chi connectivity index (χ0v) is 9.35. The van der Waals surface area contributed by atoms with E-state index in [0.29, 0.717) is 11.6 Å². The monoisotopic (exact) mass is 219 g/mol. The van der Waals surface area contributed by atoms with Crippen LogP contribution in [-0.2, 0) is 0 Å². The van der Waals surface area contributed by atoms with Crippen LogP contribution < -0.4 is 5.32 Å². The van der Waals surface area contributed by atoms with Crippen LogP contribution in [0.2, 0.25) is 0 Å². The van der Waals surface area contributed by atoms with Crippen LogP contribution in [0.3, 0.4) is 0 Å². The topological polar surface area (TPSA) is 54.9 Å². The Kier molecular flexibility index (Phi) is 3.86. The van der Waals surface area contributed by atoms with Crippen molar-refractivity contribution in [3.05, 3.63) is 24.3 Å². The molecule has 1 aromatic heterocycles. The molecule has 4 heteroatoms. The van der Waals surface area contributed by atoms with E-state index >= 15 is 0 Å². The molecule has 86 valence electrons. The molecule has 1 heterocycles. The second-order valence-corrected chi connectivity index (χ2v) is 4.29. The minimum atomic E-state index is -0.0486. The van der Waals surface area contributed by atoms with E-state index in [1.54, 1.807) is 12.4 Å². The highest BCUT2D eigenvalue weighted by Crippen LogP contribution is 2.17. The van der Waals surface area contributed by atoms with E-state index in [0.717, 1.165) is 12.8 Å². The molecule has 0 saturated heterocycles. The summed E-state index contributed by atoms with van der Waals surface area (Å²) in [7, 11) is 0. The molecule has 1 amide bonds. The molecule has 0 aliphatic heterocycles. The summed E-state index contributed by atoms with van der Waals surface area (Å²) in [6, 6.07) is 0.329. The van der Waals surface area contributed by atoms with Crippen molar-refractivity contribution in [2.24, 2.45) is 0 Å². The quantitative estimate of drug-likeness (QED) is 0.773. The highest BCUT2D eigenvalue weighted by atomic mass is 16.1. The third-order valence-electron chi connectivity index (χ3n) is 3.01. The summed E-state index contributed by atoms with van der Waals surface area (Å²) in [5.41, 5.74) is 0.548. The Morgan fingerprint density at radius 1 is 1.12 bits per heavy atom. The fourth-order valence-corrected chi connectivity index (χ4v) is 2.11. The van der Waals surface area contributed by atoms with Crippen LogP contribution in [0.5, 0.6) is 0 Å². The summed E-state index contributed by atoms with van der Waals surface area (Å²) >= 11 is 0.